The van der Waals surface area contributed by atoms with Gasteiger partial charge in [0.25, 0.3) is 5.91 Å². The quantitative estimate of drug-likeness (QED) is 0.707. The fourth-order valence-corrected chi connectivity index (χ4v) is 2.51. The minimum Gasteiger partial charge on any atom is -0.497 e. The molecule has 8 heteroatoms. The van der Waals surface area contributed by atoms with Gasteiger partial charge in [-0.05, 0) is 37.3 Å². The summed E-state index contributed by atoms with van der Waals surface area (Å²) in [6.07, 6.45) is 1.60. The van der Waals surface area contributed by atoms with Crippen molar-refractivity contribution in [2.24, 2.45) is 0 Å². The van der Waals surface area contributed by atoms with Crippen LogP contribution in [0, 0.1) is 11.3 Å². The van der Waals surface area contributed by atoms with Crippen molar-refractivity contribution in [1.29, 1.82) is 5.26 Å². The molecule has 1 aromatic heterocycles. The number of nitriles is 1. The lowest BCUT2D eigenvalue weighted by atomic mass is 10.2. The molecule has 0 saturated carbocycles. The van der Waals surface area contributed by atoms with Crippen molar-refractivity contribution in [2.75, 3.05) is 7.11 Å². The van der Waals surface area contributed by atoms with Crippen molar-refractivity contribution in [1.82, 2.24) is 15.1 Å². The molecule has 0 aliphatic rings. The highest BCUT2D eigenvalue weighted by molar-refractivity contribution is 5.83. The number of nitrogens with zero attached hydrogens (tertiary/aromatic N) is 3. The first kappa shape index (κ1) is 21.8. The van der Waals surface area contributed by atoms with Gasteiger partial charge in [-0.25, -0.2) is 0 Å². The molecule has 2 aromatic carbocycles. The van der Waals surface area contributed by atoms with E-state index in [1.54, 1.807) is 43.1 Å². The van der Waals surface area contributed by atoms with E-state index in [9.17, 15) is 13.6 Å². The van der Waals surface area contributed by atoms with Crippen molar-refractivity contribution in [3.8, 4) is 11.8 Å². The van der Waals surface area contributed by atoms with E-state index < -0.39 is 17.9 Å². The van der Waals surface area contributed by atoms with Crippen molar-refractivity contribution in [2.45, 2.75) is 32.4 Å². The molecule has 29 heavy (non-hydrogen) atoms. The highest BCUT2D eigenvalue weighted by atomic mass is 19.3. The number of nitrogens with one attached hydrogen (secondary N) is 1. The summed E-state index contributed by atoms with van der Waals surface area (Å²) < 4.78 is 32.2. The van der Waals surface area contributed by atoms with Crippen molar-refractivity contribution in [3.05, 3.63) is 60.3 Å². The molecule has 3 rings (SSSR count). The topological polar surface area (TPSA) is 79.9 Å². The number of hydrogen-bond acceptors (Lipinski definition) is 4. The normalized spacial score (nSPS) is 11.7. The highest BCUT2D eigenvalue weighted by Gasteiger charge is 2.32. The molecule has 3 aromatic rings. The largest absolute Gasteiger partial charge is 0.497 e. The number of aromatic nitrogens is 2. The van der Waals surface area contributed by atoms with Gasteiger partial charge in [-0.1, -0.05) is 18.2 Å². The Balaban J connectivity index is 0.000000313. The van der Waals surface area contributed by atoms with E-state index in [0.717, 1.165) is 16.7 Å². The summed E-state index contributed by atoms with van der Waals surface area (Å²) in [7, 11) is 1.66. The lowest BCUT2D eigenvalue weighted by molar-refractivity contribution is -0.143. The molecule has 0 saturated heterocycles. The summed E-state index contributed by atoms with van der Waals surface area (Å²) in [6.45, 7) is 2.44. The summed E-state index contributed by atoms with van der Waals surface area (Å²) in [5, 5.41) is 16.0. The maximum Gasteiger partial charge on any atom is 0.321 e. The summed E-state index contributed by atoms with van der Waals surface area (Å²) in [5.74, 6) is -3.80. The molecule has 1 amide bonds. The predicted molar refractivity (Wildman–Crippen MR) is 106 cm³/mol. The first-order valence-corrected chi connectivity index (χ1v) is 8.88. The molecule has 152 valence electrons. The van der Waals surface area contributed by atoms with Crippen LogP contribution < -0.4 is 10.1 Å². The molecular formula is C21H22F2N4O2. The first-order chi connectivity index (χ1) is 13.7. The van der Waals surface area contributed by atoms with Gasteiger partial charge < -0.3 is 10.1 Å². The van der Waals surface area contributed by atoms with E-state index in [1.165, 1.54) is 0 Å². The standard InChI is InChI=1S/C14H14F2N4O.C7H8O/c1-9(19-13(21)14(2,15)16)8-20-12-4-3-10(6-17)5-11(12)7-18-20;1-8-7-5-3-2-4-6-7/h3-5,7,9H,8H2,1-2H3,(H,19,21);2-6H,1H3. The van der Waals surface area contributed by atoms with E-state index in [0.29, 0.717) is 12.5 Å². The number of alkyl halides is 2. The van der Waals surface area contributed by atoms with Gasteiger partial charge in [-0.2, -0.15) is 19.1 Å². The first-order valence-electron chi connectivity index (χ1n) is 8.88. The van der Waals surface area contributed by atoms with Crippen LogP contribution in [-0.2, 0) is 11.3 Å². The Morgan fingerprint density at radius 3 is 2.55 bits per heavy atom. The van der Waals surface area contributed by atoms with Gasteiger partial charge in [-0.3, -0.25) is 9.48 Å². The highest BCUT2D eigenvalue weighted by Crippen LogP contribution is 2.16. The molecule has 6 nitrogen and oxygen atoms in total. The minimum atomic E-state index is -3.40. The maximum absolute atomic E-state index is 12.8. The van der Waals surface area contributed by atoms with E-state index in [4.69, 9.17) is 10.00 Å². The zero-order chi connectivity index (χ0) is 21.4. The number of amides is 1. The summed E-state index contributed by atoms with van der Waals surface area (Å²) >= 11 is 0. The van der Waals surface area contributed by atoms with E-state index in [1.807, 2.05) is 36.4 Å². The predicted octanol–water partition coefficient (Wildman–Crippen LogP) is 3.76. The molecule has 0 bridgehead atoms. The molecule has 0 aliphatic carbocycles. The van der Waals surface area contributed by atoms with Gasteiger partial charge in [-0.15, -0.1) is 0 Å². The smallest absolute Gasteiger partial charge is 0.321 e. The number of rotatable bonds is 5. The fraction of sp³-hybridized carbons (Fsp3) is 0.286. The van der Waals surface area contributed by atoms with Crippen LogP contribution >= 0.6 is 0 Å². The van der Waals surface area contributed by atoms with Crippen LogP contribution in [0.25, 0.3) is 10.9 Å². The number of benzene rings is 2. The number of ether oxygens (including phenoxy) is 1. The van der Waals surface area contributed by atoms with Gasteiger partial charge >= 0.3 is 5.92 Å². The number of fused-ring (bicyclic) bond motifs is 1. The Kier molecular flexibility index (Phi) is 7.26. The number of methoxy groups -OCH3 is 1. The van der Waals surface area contributed by atoms with Gasteiger partial charge in [0.15, 0.2) is 0 Å². The molecule has 0 aliphatic heterocycles. The van der Waals surface area contributed by atoms with Crippen LogP contribution in [0.5, 0.6) is 5.75 Å². The Morgan fingerprint density at radius 2 is 2.00 bits per heavy atom. The molecule has 1 atom stereocenters. The summed E-state index contributed by atoms with van der Waals surface area (Å²) in [4.78, 5) is 11.2. The fourth-order valence-electron chi connectivity index (χ4n) is 2.51. The average molecular weight is 400 g/mol. The van der Waals surface area contributed by atoms with Gasteiger partial charge in [0.1, 0.15) is 5.75 Å². The van der Waals surface area contributed by atoms with Crippen LogP contribution in [0.15, 0.2) is 54.7 Å². The van der Waals surface area contributed by atoms with Crippen molar-refractivity contribution in [3.63, 3.8) is 0 Å². The SMILES string of the molecule is CC(Cn1ncc2cc(C#N)ccc21)NC(=O)C(C)(F)F.COc1ccccc1. The van der Waals surface area contributed by atoms with E-state index >= 15 is 0 Å². The Labute approximate surface area is 167 Å². The third-order valence-electron chi connectivity index (χ3n) is 3.97. The van der Waals surface area contributed by atoms with Crippen molar-refractivity contribution < 1.29 is 18.3 Å². The second-order valence-electron chi connectivity index (χ2n) is 6.49. The van der Waals surface area contributed by atoms with Crippen LogP contribution in [0.2, 0.25) is 0 Å². The monoisotopic (exact) mass is 400 g/mol. The summed E-state index contributed by atoms with van der Waals surface area (Å²) in [5.41, 5.74) is 1.30. The van der Waals surface area contributed by atoms with Gasteiger partial charge in [0, 0.05) is 18.4 Å². The second kappa shape index (κ2) is 9.64. The number of halogens is 2. The molecule has 1 N–H and O–H groups in total. The Morgan fingerprint density at radius 1 is 1.31 bits per heavy atom. The van der Waals surface area contributed by atoms with Crippen LogP contribution in [0.1, 0.15) is 19.4 Å². The van der Waals surface area contributed by atoms with E-state index in [2.05, 4.69) is 10.4 Å². The third-order valence-corrected chi connectivity index (χ3v) is 3.97. The summed E-state index contributed by atoms with van der Waals surface area (Å²) in [6, 6.07) is 16.3. The second-order valence-corrected chi connectivity index (χ2v) is 6.49. The maximum atomic E-state index is 12.8. The van der Waals surface area contributed by atoms with Gasteiger partial charge in [0.2, 0.25) is 0 Å². The zero-order valence-corrected chi connectivity index (χ0v) is 16.4. The molecule has 1 unspecified atom stereocenters. The van der Waals surface area contributed by atoms with Gasteiger partial charge in [0.05, 0.1) is 37.0 Å². The number of carbonyl (C=O) groups excluding carboxylic acids is 1. The van der Waals surface area contributed by atoms with Crippen LogP contribution in [0.3, 0.4) is 0 Å². The number of carbonyl (C=O) groups is 1. The lowest BCUT2D eigenvalue weighted by Crippen LogP contribution is -2.44. The zero-order valence-electron chi connectivity index (χ0n) is 16.4. The van der Waals surface area contributed by atoms with Crippen LogP contribution in [-0.4, -0.2) is 34.8 Å². The number of para-hydroxylation sites is 1. The molecule has 0 radical (unpaired) electrons. The molecule has 1 heterocycles. The average Bonchev–Trinajstić information content (AvgIpc) is 3.10. The van der Waals surface area contributed by atoms with E-state index in [-0.39, 0.29) is 6.54 Å². The molecular weight excluding hydrogens is 378 g/mol. The molecule has 0 fully saturated rings. The third kappa shape index (κ3) is 6.28. The Hall–Kier alpha value is -3.47. The van der Waals surface area contributed by atoms with Crippen molar-refractivity contribution >= 4 is 16.8 Å². The lowest BCUT2D eigenvalue weighted by Gasteiger charge is -2.17. The van der Waals surface area contributed by atoms with Crippen LogP contribution in [0.4, 0.5) is 8.78 Å². The number of hydrogen-bond donors (Lipinski definition) is 1. The minimum absolute atomic E-state index is 0.261. The Bertz CT molecular complexity index is 991. The molecule has 0 spiro atoms.